The van der Waals surface area contributed by atoms with E-state index in [1.54, 1.807) is 11.3 Å². The summed E-state index contributed by atoms with van der Waals surface area (Å²) in [6, 6.07) is 10.6. The van der Waals surface area contributed by atoms with Gasteiger partial charge in [-0.25, -0.2) is 0 Å². The number of carbonyl (C=O) groups excluding carboxylic acids is 1. The summed E-state index contributed by atoms with van der Waals surface area (Å²) in [5.41, 5.74) is 1.37. The predicted molar refractivity (Wildman–Crippen MR) is 91.4 cm³/mol. The molecule has 2 aromatic rings. The number of amides is 1. The number of benzene rings is 1. The number of aryl methyl sites for hydroxylation is 1. The molecule has 0 bridgehead atoms. The average molecular weight is 330 g/mol. The molecule has 2 heterocycles. The summed E-state index contributed by atoms with van der Waals surface area (Å²) in [5, 5.41) is 13.0. The Morgan fingerprint density at radius 1 is 1.30 bits per heavy atom. The molecular weight excluding hydrogens is 308 g/mol. The van der Waals surface area contributed by atoms with E-state index in [-0.39, 0.29) is 5.91 Å². The summed E-state index contributed by atoms with van der Waals surface area (Å²) in [6.45, 7) is 4.93. The number of likely N-dealkylation sites (tertiary alicyclic amines) is 1. The zero-order valence-electron chi connectivity index (χ0n) is 13.4. The van der Waals surface area contributed by atoms with E-state index < -0.39 is 0 Å². The van der Waals surface area contributed by atoms with E-state index in [2.05, 4.69) is 51.6 Å². The molecule has 0 aliphatic carbocycles. The highest BCUT2D eigenvalue weighted by Gasteiger charge is 2.25. The van der Waals surface area contributed by atoms with Crippen LogP contribution in [0, 0.1) is 0 Å². The van der Waals surface area contributed by atoms with Gasteiger partial charge in [0.15, 0.2) is 0 Å². The monoisotopic (exact) mass is 330 g/mol. The second-order valence-electron chi connectivity index (χ2n) is 5.85. The Bertz CT molecular complexity index is 643. The third-order valence-corrected chi connectivity index (χ3v) is 5.23. The van der Waals surface area contributed by atoms with E-state index in [0.717, 1.165) is 35.9 Å². The van der Waals surface area contributed by atoms with Gasteiger partial charge < -0.3 is 5.32 Å². The van der Waals surface area contributed by atoms with E-state index in [1.807, 2.05) is 6.07 Å². The molecule has 122 valence electrons. The normalized spacial score (nSPS) is 18.2. The molecule has 1 fully saturated rings. The fraction of sp³-hybridized carbons (Fsp3) is 0.471. The van der Waals surface area contributed by atoms with Crippen LogP contribution in [0.5, 0.6) is 0 Å². The Kier molecular flexibility index (Phi) is 5.35. The Morgan fingerprint density at radius 3 is 2.83 bits per heavy atom. The highest BCUT2D eigenvalue weighted by Crippen LogP contribution is 2.26. The van der Waals surface area contributed by atoms with Gasteiger partial charge in [0.05, 0.1) is 13.1 Å². The van der Waals surface area contributed by atoms with Crippen molar-refractivity contribution < 1.29 is 4.79 Å². The largest absolute Gasteiger partial charge is 0.348 e. The van der Waals surface area contributed by atoms with Crippen LogP contribution in [0.1, 0.15) is 34.8 Å². The van der Waals surface area contributed by atoms with Crippen LogP contribution in [0.2, 0.25) is 0 Å². The average Bonchev–Trinajstić information content (AvgIpc) is 3.23. The topological polar surface area (TPSA) is 58.1 Å². The molecule has 0 radical (unpaired) electrons. The minimum Gasteiger partial charge on any atom is -0.348 e. The summed E-state index contributed by atoms with van der Waals surface area (Å²) in [6.07, 6.45) is 2.01. The molecule has 1 atom stereocenters. The van der Waals surface area contributed by atoms with Gasteiger partial charge in [0, 0.05) is 6.54 Å². The molecule has 1 aliphatic rings. The highest BCUT2D eigenvalue weighted by molar-refractivity contribution is 7.11. The van der Waals surface area contributed by atoms with Crippen molar-refractivity contribution in [2.24, 2.45) is 0 Å². The van der Waals surface area contributed by atoms with Crippen molar-refractivity contribution in [3.63, 3.8) is 0 Å². The van der Waals surface area contributed by atoms with Crippen LogP contribution in [0.25, 0.3) is 0 Å². The summed E-state index contributed by atoms with van der Waals surface area (Å²) in [7, 11) is 0. The minimum atomic E-state index is 0.0620. The zero-order chi connectivity index (χ0) is 16.1. The van der Waals surface area contributed by atoms with Crippen LogP contribution in [0.15, 0.2) is 30.3 Å². The van der Waals surface area contributed by atoms with Gasteiger partial charge >= 0.3 is 0 Å². The number of aromatic nitrogens is 2. The number of nitrogens with zero attached hydrogens (tertiary/aromatic N) is 3. The molecule has 6 heteroatoms. The van der Waals surface area contributed by atoms with E-state index in [1.165, 1.54) is 5.56 Å². The van der Waals surface area contributed by atoms with E-state index in [0.29, 0.717) is 19.0 Å². The molecule has 1 amide bonds. The fourth-order valence-electron chi connectivity index (χ4n) is 2.91. The van der Waals surface area contributed by atoms with Crippen molar-refractivity contribution in [3.8, 4) is 0 Å². The number of rotatable bonds is 6. The van der Waals surface area contributed by atoms with Crippen LogP contribution in [-0.4, -0.2) is 40.6 Å². The van der Waals surface area contributed by atoms with Gasteiger partial charge in [0.2, 0.25) is 5.91 Å². The Balaban J connectivity index is 1.44. The summed E-state index contributed by atoms with van der Waals surface area (Å²) < 4.78 is 0. The molecular formula is C17H22N4OS. The lowest BCUT2D eigenvalue weighted by atomic mass is 9.99. The third-order valence-electron chi connectivity index (χ3n) is 4.16. The first-order chi connectivity index (χ1) is 11.2. The van der Waals surface area contributed by atoms with Gasteiger partial charge in [-0.1, -0.05) is 48.6 Å². The Labute approximate surface area is 140 Å². The fourth-order valence-corrected chi connectivity index (χ4v) is 3.63. The highest BCUT2D eigenvalue weighted by atomic mass is 32.1. The maximum atomic E-state index is 12.1. The van der Waals surface area contributed by atoms with E-state index >= 15 is 0 Å². The maximum Gasteiger partial charge on any atom is 0.234 e. The lowest BCUT2D eigenvalue weighted by Gasteiger charge is -2.15. The van der Waals surface area contributed by atoms with E-state index in [4.69, 9.17) is 0 Å². The molecule has 0 saturated carbocycles. The standard InChI is InChI=1S/C17H22N4OS/c1-2-16-19-20-17(23-16)10-18-15(22)12-21-9-8-14(11-21)13-6-4-3-5-7-13/h3-7,14H,2,8-12H2,1H3,(H,18,22)/t14-/m0/s1. The van der Waals surface area contributed by atoms with Crippen molar-refractivity contribution in [2.75, 3.05) is 19.6 Å². The van der Waals surface area contributed by atoms with Crippen molar-refractivity contribution in [2.45, 2.75) is 32.2 Å². The first kappa shape index (κ1) is 16.1. The van der Waals surface area contributed by atoms with Gasteiger partial charge in [-0.05, 0) is 30.9 Å². The SMILES string of the molecule is CCc1nnc(CNC(=O)CN2CC[C@H](c3ccccc3)C2)s1. The van der Waals surface area contributed by atoms with Gasteiger partial charge in [-0.15, -0.1) is 10.2 Å². The molecule has 1 aromatic heterocycles. The Hall–Kier alpha value is -1.79. The smallest absolute Gasteiger partial charge is 0.234 e. The second-order valence-corrected chi connectivity index (χ2v) is 7.00. The molecule has 5 nitrogen and oxygen atoms in total. The molecule has 1 aliphatic heterocycles. The number of carbonyl (C=O) groups is 1. The number of nitrogens with one attached hydrogen (secondary N) is 1. The molecule has 0 unspecified atom stereocenters. The molecule has 1 saturated heterocycles. The zero-order valence-corrected chi connectivity index (χ0v) is 14.2. The molecule has 1 N–H and O–H groups in total. The number of hydrogen-bond donors (Lipinski definition) is 1. The van der Waals surface area contributed by atoms with Crippen LogP contribution >= 0.6 is 11.3 Å². The lowest BCUT2D eigenvalue weighted by molar-refractivity contribution is -0.122. The maximum absolute atomic E-state index is 12.1. The summed E-state index contributed by atoms with van der Waals surface area (Å²) in [4.78, 5) is 14.3. The van der Waals surface area contributed by atoms with Crippen molar-refractivity contribution >= 4 is 17.2 Å². The minimum absolute atomic E-state index is 0.0620. The Morgan fingerprint density at radius 2 is 2.09 bits per heavy atom. The van der Waals surface area contributed by atoms with Gasteiger partial charge in [0.25, 0.3) is 0 Å². The molecule has 3 rings (SSSR count). The first-order valence-electron chi connectivity index (χ1n) is 8.10. The van der Waals surface area contributed by atoms with Crippen LogP contribution in [-0.2, 0) is 17.8 Å². The van der Waals surface area contributed by atoms with Crippen LogP contribution in [0.3, 0.4) is 0 Å². The summed E-state index contributed by atoms with van der Waals surface area (Å²) >= 11 is 1.56. The van der Waals surface area contributed by atoms with E-state index in [9.17, 15) is 4.79 Å². The second kappa shape index (κ2) is 7.66. The van der Waals surface area contributed by atoms with Crippen molar-refractivity contribution in [3.05, 3.63) is 45.9 Å². The van der Waals surface area contributed by atoms with Crippen molar-refractivity contribution in [1.29, 1.82) is 0 Å². The van der Waals surface area contributed by atoms with Gasteiger partial charge in [-0.2, -0.15) is 0 Å². The van der Waals surface area contributed by atoms with Gasteiger partial charge in [0.1, 0.15) is 10.0 Å². The van der Waals surface area contributed by atoms with Crippen LogP contribution < -0.4 is 5.32 Å². The lowest BCUT2D eigenvalue weighted by Crippen LogP contribution is -2.35. The number of hydrogen-bond acceptors (Lipinski definition) is 5. The van der Waals surface area contributed by atoms with Gasteiger partial charge in [-0.3, -0.25) is 9.69 Å². The molecule has 1 aromatic carbocycles. The van der Waals surface area contributed by atoms with Crippen LogP contribution in [0.4, 0.5) is 0 Å². The first-order valence-corrected chi connectivity index (χ1v) is 8.91. The van der Waals surface area contributed by atoms with Crippen molar-refractivity contribution in [1.82, 2.24) is 20.4 Å². The third kappa shape index (κ3) is 4.36. The quantitative estimate of drug-likeness (QED) is 0.882. The summed E-state index contributed by atoms with van der Waals surface area (Å²) in [5.74, 6) is 0.603. The molecule has 0 spiro atoms. The predicted octanol–water partition coefficient (Wildman–Crippen LogP) is 2.21. The molecule has 23 heavy (non-hydrogen) atoms.